The summed E-state index contributed by atoms with van der Waals surface area (Å²) in [4.78, 5) is 23.8. The third-order valence-electron chi connectivity index (χ3n) is 2.91. The number of nitrogens with zero attached hydrogens (tertiary/aromatic N) is 2. The SMILES string of the molecule is CC(O)CN(C(=O)NCc1cccc([N+](=O)[O-])c1)C(C)C. The number of nitro benzene ring substituents is 1. The summed E-state index contributed by atoms with van der Waals surface area (Å²) in [5.41, 5.74) is 0.643. The highest BCUT2D eigenvalue weighted by molar-refractivity contribution is 5.74. The molecule has 0 spiro atoms. The van der Waals surface area contributed by atoms with Crippen LogP contribution in [0.5, 0.6) is 0 Å². The van der Waals surface area contributed by atoms with E-state index in [0.717, 1.165) is 0 Å². The Morgan fingerprint density at radius 1 is 1.43 bits per heavy atom. The van der Waals surface area contributed by atoms with Gasteiger partial charge in [-0.05, 0) is 26.3 Å². The summed E-state index contributed by atoms with van der Waals surface area (Å²) in [6.07, 6.45) is -0.615. The van der Waals surface area contributed by atoms with Crippen molar-refractivity contribution in [1.82, 2.24) is 10.2 Å². The first-order chi connectivity index (χ1) is 9.81. The number of hydrogen-bond acceptors (Lipinski definition) is 4. The molecule has 1 rings (SSSR count). The van der Waals surface area contributed by atoms with E-state index in [1.54, 1.807) is 19.1 Å². The second-order valence-corrected chi connectivity index (χ2v) is 5.18. The molecule has 2 N–H and O–H groups in total. The molecular weight excluding hydrogens is 274 g/mol. The Morgan fingerprint density at radius 2 is 2.10 bits per heavy atom. The van der Waals surface area contributed by atoms with Crippen LogP contribution in [0.2, 0.25) is 0 Å². The monoisotopic (exact) mass is 295 g/mol. The minimum atomic E-state index is -0.615. The van der Waals surface area contributed by atoms with Crippen molar-refractivity contribution in [3.8, 4) is 0 Å². The zero-order valence-electron chi connectivity index (χ0n) is 12.4. The van der Waals surface area contributed by atoms with Gasteiger partial charge in [0.15, 0.2) is 0 Å². The molecule has 0 fully saturated rings. The lowest BCUT2D eigenvalue weighted by atomic mass is 10.2. The highest BCUT2D eigenvalue weighted by Crippen LogP contribution is 2.13. The fourth-order valence-electron chi connectivity index (χ4n) is 1.87. The Kier molecular flexibility index (Phi) is 6.10. The van der Waals surface area contributed by atoms with Gasteiger partial charge in [-0.25, -0.2) is 4.79 Å². The Bertz CT molecular complexity index is 503. The third-order valence-corrected chi connectivity index (χ3v) is 2.91. The Labute approximate surface area is 123 Å². The average molecular weight is 295 g/mol. The van der Waals surface area contributed by atoms with Crippen molar-refractivity contribution in [2.24, 2.45) is 0 Å². The molecule has 0 aliphatic heterocycles. The molecule has 0 saturated heterocycles. The van der Waals surface area contributed by atoms with Crippen LogP contribution in [-0.4, -0.2) is 39.7 Å². The topological polar surface area (TPSA) is 95.7 Å². The van der Waals surface area contributed by atoms with Crippen molar-refractivity contribution in [3.63, 3.8) is 0 Å². The van der Waals surface area contributed by atoms with Gasteiger partial charge in [0.05, 0.1) is 11.0 Å². The molecule has 0 radical (unpaired) electrons. The number of carbonyl (C=O) groups excluding carboxylic acids is 1. The van der Waals surface area contributed by atoms with Gasteiger partial charge in [-0.3, -0.25) is 10.1 Å². The number of rotatable bonds is 6. The molecule has 0 saturated carbocycles. The van der Waals surface area contributed by atoms with Crippen molar-refractivity contribution in [1.29, 1.82) is 0 Å². The van der Waals surface area contributed by atoms with E-state index in [-0.39, 0.29) is 30.8 Å². The number of urea groups is 1. The van der Waals surface area contributed by atoms with Gasteiger partial charge in [-0.1, -0.05) is 12.1 Å². The number of aliphatic hydroxyl groups is 1. The molecular formula is C14H21N3O4. The highest BCUT2D eigenvalue weighted by atomic mass is 16.6. The van der Waals surface area contributed by atoms with E-state index < -0.39 is 11.0 Å². The van der Waals surface area contributed by atoms with Crippen LogP contribution in [0, 0.1) is 10.1 Å². The summed E-state index contributed by atoms with van der Waals surface area (Å²) in [5, 5.41) is 22.8. The molecule has 116 valence electrons. The molecule has 0 bridgehead atoms. The number of benzene rings is 1. The molecule has 7 heteroatoms. The lowest BCUT2D eigenvalue weighted by Gasteiger charge is -2.28. The normalized spacial score (nSPS) is 12.0. The van der Waals surface area contributed by atoms with Gasteiger partial charge >= 0.3 is 6.03 Å². The van der Waals surface area contributed by atoms with Gasteiger partial charge in [0.25, 0.3) is 5.69 Å². The number of amides is 2. The fourth-order valence-corrected chi connectivity index (χ4v) is 1.87. The standard InChI is InChI=1S/C14H21N3O4/c1-10(2)16(9-11(3)18)14(19)15-8-12-5-4-6-13(7-12)17(20)21/h4-7,10-11,18H,8-9H2,1-3H3,(H,15,19). The highest BCUT2D eigenvalue weighted by Gasteiger charge is 2.18. The number of nitrogens with one attached hydrogen (secondary N) is 1. The summed E-state index contributed by atoms with van der Waals surface area (Å²) in [6.45, 7) is 5.76. The molecule has 0 aliphatic rings. The predicted octanol–water partition coefficient (Wildman–Crippen LogP) is 1.90. The molecule has 0 heterocycles. The summed E-state index contributed by atoms with van der Waals surface area (Å²) in [5.74, 6) is 0. The van der Waals surface area contributed by atoms with E-state index in [1.165, 1.54) is 17.0 Å². The second kappa shape index (κ2) is 7.58. The first-order valence-electron chi connectivity index (χ1n) is 6.77. The van der Waals surface area contributed by atoms with Crippen LogP contribution in [0.25, 0.3) is 0 Å². The number of hydrogen-bond donors (Lipinski definition) is 2. The predicted molar refractivity (Wildman–Crippen MR) is 78.9 cm³/mol. The minimum absolute atomic E-state index is 0.00792. The molecule has 0 aliphatic carbocycles. The second-order valence-electron chi connectivity index (χ2n) is 5.18. The van der Waals surface area contributed by atoms with E-state index in [4.69, 9.17) is 0 Å². The van der Waals surface area contributed by atoms with Crippen LogP contribution in [0.3, 0.4) is 0 Å². The maximum atomic E-state index is 12.1. The Balaban J connectivity index is 2.66. The fraction of sp³-hybridized carbons (Fsp3) is 0.500. The van der Waals surface area contributed by atoms with Gasteiger partial charge in [0.1, 0.15) is 0 Å². The van der Waals surface area contributed by atoms with Gasteiger partial charge in [-0.2, -0.15) is 0 Å². The lowest BCUT2D eigenvalue weighted by Crippen LogP contribution is -2.46. The average Bonchev–Trinajstić information content (AvgIpc) is 2.42. The number of aliphatic hydroxyl groups excluding tert-OH is 1. The molecule has 1 aromatic carbocycles. The number of non-ortho nitro benzene ring substituents is 1. The Hall–Kier alpha value is -2.15. The summed E-state index contributed by atoms with van der Waals surface area (Å²) >= 11 is 0. The minimum Gasteiger partial charge on any atom is -0.392 e. The van der Waals surface area contributed by atoms with E-state index in [1.807, 2.05) is 13.8 Å². The summed E-state index contributed by atoms with van der Waals surface area (Å²) in [6, 6.07) is 5.76. The molecule has 1 aromatic rings. The zero-order valence-corrected chi connectivity index (χ0v) is 12.4. The number of carbonyl (C=O) groups is 1. The smallest absolute Gasteiger partial charge is 0.317 e. The summed E-state index contributed by atoms with van der Waals surface area (Å²) < 4.78 is 0. The van der Waals surface area contributed by atoms with Gasteiger partial charge in [-0.15, -0.1) is 0 Å². The molecule has 0 aromatic heterocycles. The first-order valence-corrected chi connectivity index (χ1v) is 6.77. The van der Waals surface area contributed by atoms with Gasteiger partial charge in [0, 0.05) is 31.3 Å². The number of nitro groups is 1. The van der Waals surface area contributed by atoms with Crippen LogP contribution >= 0.6 is 0 Å². The van der Waals surface area contributed by atoms with E-state index >= 15 is 0 Å². The molecule has 1 atom stereocenters. The maximum Gasteiger partial charge on any atom is 0.317 e. The maximum absolute atomic E-state index is 12.1. The van der Waals surface area contributed by atoms with Crippen LogP contribution < -0.4 is 5.32 Å². The van der Waals surface area contributed by atoms with Crippen molar-refractivity contribution < 1.29 is 14.8 Å². The van der Waals surface area contributed by atoms with Gasteiger partial charge in [0.2, 0.25) is 0 Å². The summed E-state index contributed by atoms with van der Waals surface area (Å²) in [7, 11) is 0. The van der Waals surface area contributed by atoms with Gasteiger partial charge < -0.3 is 15.3 Å². The molecule has 2 amide bonds. The molecule has 21 heavy (non-hydrogen) atoms. The largest absolute Gasteiger partial charge is 0.392 e. The quantitative estimate of drug-likeness (QED) is 0.619. The van der Waals surface area contributed by atoms with Crippen LogP contribution in [-0.2, 0) is 6.54 Å². The van der Waals surface area contributed by atoms with Crippen molar-refractivity contribution in [2.45, 2.75) is 39.5 Å². The van der Waals surface area contributed by atoms with Crippen LogP contribution in [0.15, 0.2) is 24.3 Å². The van der Waals surface area contributed by atoms with Crippen molar-refractivity contribution in [2.75, 3.05) is 6.54 Å². The van der Waals surface area contributed by atoms with Crippen LogP contribution in [0.4, 0.5) is 10.5 Å². The van der Waals surface area contributed by atoms with Crippen LogP contribution in [0.1, 0.15) is 26.3 Å². The Morgan fingerprint density at radius 3 is 2.62 bits per heavy atom. The van der Waals surface area contributed by atoms with E-state index in [0.29, 0.717) is 5.56 Å². The van der Waals surface area contributed by atoms with E-state index in [2.05, 4.69) is 5.32 Å². The molecule has 1 unspecified atom stereocenters. The van der Waals surface area contributed by atoms with Crippen molar-refractivity contribution in [3.05, 3.63) is 39.9 Å². The first kappa shape index (κ1) is 16.9. The van der Waals surface area contributed by atoms with E-state index in [9.17, 15) is 20.0 Å². The molecule has 7 nitrogen and oxygen atoms in total. The lowest BCUT2D eigenvalue weighted by molar-refractivity contribution is -0.384. The van der Waals surface area contributed by atoms with Crippen molar-refractivity contribution >= 4 is 11.7 Å². The third kappa shape index (κ3) is 5.39. The zero-order chi connectivity index (χ0) is 16.0.